The molecule has 1 aliphatic rings. The predicted molar refractivity (Wildman–Crippen MR) is 127 cm³/mol. The van der Waals surface area contributed by atoms with Crippen molar-refractivity contribution in [2.45, 2.75) is 64.5 Å². The van der Waals surface area contributed by atoms with E-state index in [-0.39, 0.29) is 11.9 Å². The highest BCUT2D eigenvalue weighted by molar-refractivity contribution is 7.92. The van der Waals surface area contributed by atoms with Gasteiger partial charge in [-0.15, -0.1) is 0 Å². The van der Waals surface area contributed by atoms with Crippen molar-refractivity contribution in [1.29, 1.82) is 0 Å². The molecule has 3 rings (SSSR count). The van der Waals surface area contributed by atoms with Gasteiger partial charge in [-0.3, -0.25) is 9.10 Å². The monoisotopic (exact) mass is 462 g/mol. The summed E-state index contributed by atoms with van der Waals surface area (Å²) in [6, 6.07) is 12.0. The minimum absolute atomic E-state index is 0.172. The van der Waals surface area contributed by atoms with E-state index >= 15 is 0 Å². The number of carbonyl (C=O) groups excluding carboxylic acids is 1. The van der Waals surface area contributed by atoms with Crippen LogP contribution in [0.15, 0.2) is 42.5 Å². The van der Waals surface area contributed by atoms with E-state index in [2.05, 4.69) is 23.5 Å². The second kappa shape index (κ2) is 10.0. The number of rotatable bonds is 8. The van der Waals surface area contributed by atoms with Crippen LogP contribution in [0.4, 0.5) is 5.69 Å². The van der Waals surface area contributed by atoms with Gasteiger partial charge in [0.2, 0.25) is 15.9 Å². The van der Waals surface area contributed by atoms with Crippen molar-refractivity contribution in [3.8, 4) is 0 Å². The van der Waals surface area contributed by atoms with E-state index in [4.69, 9.17) is 11.6 Å². The molecule has 7 heteroatoms. The molecule has 0 fully saturated rings. The van der Waals surface area contributed by atoms with Crippen LogP contribution in [0.1, 0.15) is 62.3 Å². The first-order valence-electron chi connectivity index (χ1n) is 10.9. The maximum atomic E-state index is 13.3. The van der Waals surface area contributed by atoms with Crippen LogP contribution in [0.3, 0.4) is 0 Å². The molecule has 1 aliphatic carbocycles. The highest BCUT2D eigenvalue weighted by Gasteiger charge is 2.32. The number of anilines is 1. The van der Waals surface area contributed by atoms with Gasteiger partial charge in [-0.05, 0) is 73.4 Å². The fourth-order valence-corrected chi connectivity index (χ4v) is 5.72. The molecular formula is C24H31ClN2O3S. The summed E-state index contributed by atoms with van der Waals surface area (Å²) < 4.78 is 26.4. The van der Waals surface area contributed by atoms with E-state index in [1.54, 1.807) is 24.3 Å². The van der Waals surface area contributed by atoms with Crippen LogP contribution in [0.2, 0.25) is 5.02 Å². The molecule has 0 aromatic heterocycles. The molecule has 0 saturated heterocycles. The van der Waals surface area contributed by atoms with Gasteiger partial charge in [0.05, 0.1) is 18.0 Å². The maximum Gasteiger partial charge on any atom is 0.244 e. The SMILES string of the molecule is CC[C@H](NC(=O)[C@@H](CC)N(c1cccc(Cl)c1)S(C)(=O)=O)c1ccc2c(c1)CCCC2. The van der Waals surface area contributed by atoms with Gasteiger partial charge < -0.3 is 5.32 Å². The number of halogens is 1. The van der Waals surface area contributed by atoms with Crippen LogP contribution in [-0.2, 0) is 27.7 Å². The molecule has 1 N–H and O–H groups in total. The van der Waals surface area contributed by atoms with Gasteiger partial charge in [-0.1, -0.05) is 49.7 Å². The normalized spacial score (nSPS) is 15.6. The molecule has 31 heavy (non-hydrogen) atoms. The van der Waals surface area contributed by atoms with Crippen LogP contribution in [0.5, 0.6) is 0 Å². The molecule has 0 radical (unpaired) electrons. The summed E-state index contributed by atoms with van der Waals surface area (Å²) in [6.45, 7) is 3.84. The fraction of sp³-hybridized carbons (Fsp3) is 0.458. The van der Waals surface area contributed by atoms with Gasteiger partial charge in [-0.2, -0.15) is 0 Å². The smallest absolute Gasteiger partial charge is 0.244 e. The summed E-state index contributed by atoms with van der Waals surface area (Å²) in [5, 5.41) is 3.52. The largest absolute Gasteiger partial charge is 0.347 e. The number of fused-ring (bicyclic) bond motifs is 1. The van der Waals surface area contributed by atoms with Gasteiger partial charge in [-0.25, -0.2) is 8.42 Å². The van der Waals surface area contributed by atoms with Gasteiger partial charge >= 0.3 is 0 Å². The summed E-state index contributed by atoms with van der Waals surface area (Å²) >= 11 is 6.09. The van der Waals surface area contributed by atoms with Crippen LogP contribution >= 0.6 is 11.6 Å². The van der Waals surface area contributed by atoms with Crippen molar-refractivity contribution in [2.75, 3.05) is 10.6 Å². The Labute approximate surface area is 190 Å². The fourth-order valence-electron chi connectivity index (χ4n) is 4.33. The summed E-state index contributed by atoms with van der Waals surface area (Å²) in [5.74, 6) is -0.308. The van der Waals surface area contributed by atoms with E-state index in [1.807, 2.05) is 13.8 Å². The van der Waals surface area contributed by atoms with E-state index in [9.17, 15) is 13.2 Å². The quantitative estimate of drug-likeness (QED) is 0.598. The molecule has 0 unspecified atom stereocenters. The van der Waals surface area contributed by atoms with Gasteiger partial charge in [0.25, 0.3) is 0 Å². The van der Waals surface area contributed by atoms with Crippen molar-refractivity contribution in [1.82, 2.24) is 5.32 Å². The lowest BCUT2D eigenvalue weighted by molar-refractivity contribution is -0.123. The minimum Gasteiger partial charge on any atom is -0.347 e. The Morgan fingerprint density at radius 1 is 1.06 bits per heavy atom. The number of nitrogens with one attached hydrogen (secondary N) is 1. The number of amides is 1. The number of hydrogen-bond donors (Lipinski definition) is 1. The van der Waals surface area contributed by atoms with Gasteiger partial charge in [0, 0.05) is 5.02 Å². The summed E-state index contributed by atoms with van der Waals surface area (Å²) in [6.07, 6.45) is 6.78. The summed E-state index contributed by atoms with van der Waals surface area (Å²) in [7, 11) is -3.70. The molecule has 5 nitrogen and oxygen atoms in total. The highest BCUT2D eigenvalue weighted by atomic mass is 35.5. The molecule has 168 valence electrons. The molecule has 2 atom stereocenters. The average molecular weight is 463 g/mol. The van der Waals surface area contributed by atoms with Crippen LogP contribution in [0, 0.1) is 0 Å². The molecule has 0 bridgehead atoms. The first kappa shape index (κ1) is 23.6. The van der Waals surface area contributed by atoms with E-state index in [0.717, 1.165) is 31.1 Å². The second-order valence-electron chi connectivity index (χ2n) is 8.17. The van der Waals surface area contributed by atoms with E-state index < -0.39 is 16.1 Å². The van der Waals surface area contributed by atoms with Crippen LogP contribution < -0.4 is 9.62 Å². The number of nitrogens with zero attached hydrogens (tertiary/aromatic N) is 1. The lowest BCUT2D eigenvalue weighted by atomic mass is 9.88. The number of carbonyl (C=O) groups is 1. The lowest BCUT2D eigenvalue weighted by Crippen LogP contribution is -2.50. The zero-order chi connectivity index (χ0) is 22.6. The molecule has 0 saturated carbocycles. The maximum absolute atomic E-state index is 13.3. The average Bonchev–Trinajstić information content (AvgIpc) is 2.74. The van der Waals surface area contributed by atoms with Crippen molar-refractivity contribution >= 4 is 33.2 Å². The molecule has 2 aromatic carbocycles. The Morgan fingerprint density at radius 2 is 1.77 bits per heavy atom. The summed E-state index contributed by atoms with van der Waals surface area (Å²) in [5.41, 5.74) is 4.21. The standard InChI is InChI=1S/C24H31ClN2O3S/c1-4-22(19-14-13-17-9-6-7-10-18(17)15-19)26-24(28)23(5-2)27(31(3,29)30)21-12-8-11-20(25)16-21/h8,11-16,22-23H,4-7,9-10H2,1-3H3,(H,26,28)/t22-,23+/m0/s1. The molecule has 0 aliphatic heterocycles. The Kier molecular flexibility index (Phi) is 7.65. The van der Waals surface area contributed by atoms with E-state index in [1.165, 1.54) is 28.3 Å². The van der Waals surface area contributed by atoms with Crippen molar-refractivity contribution in [3.63, 3.8) is 0 Å². The molecule has 0 heterocycles. The van der Waals surface area contributed by atoms with E-state index in [0.29, 0.717) is 17.1 Å². The third kappa shape index (κ3) is 5.60. The zero-order valence-corrected chi connectivity index (χ0v) is 20.0. The second-order valence-corrected chi connectivity index (χ2v) is 10.5. The van der Waals surface area contributed by atoms with Crippen LogP contribution in [0.25, 0.3) is 0 Å². The first-order valence-corrected chi connectivity index (χ1v) is 13.1. The zero-order valence-electron chi connectivity index (χ0n) is 18.4. The van der Waals surface area contributed by atoms with Crippen molar-refractivity contribution in [2.24, 2.45) is 0 Å². The number of aryl methyl sites for hydroxylation is 2. The molecular weight excluding hydrogens is 432 g/mol. The number of benzene rings is 2. The van der Waals surface area contributed by atoms with Crippen molar-refractivity contribution < 1.29 is 13.2 Å². The highest BCUT2D eigenvalue weighted by Crippen LogP contribution is 2.28. The van der Waals surface area contributed by atoms with Gasteiger partial charge in [0.15, 0.2) is 0 Å². The molecule has 0 spiro atoms. The minimum atomic E-state index is -3.70. The molecule has 2 aromatic rings. The third-order valence-corrected chi connectivity index (χ3v) is 7.31. The van der Waals surface area contributed by atoms with Crippen molar-refractivity contribution in [3.05, 3.63) is 64.2 Å². The lowest BCUT2D eigenvalue weighted by Gasteiger charge is -2.31. The number of hydrogen-bond acceptors (Lipinski definition) is 3. The Morgan fingerprint density at radius 3 is 2.39 bits per heavy atom. The van der Waals surface area contributed by atoms with Gasteiger partial charge in [0.1, 0.15) is 6.04 Å². The topological polar surface area (TPSA) is 66.5 Å². The Hall–Kier alpha value is -2.05. The van der Waals surface area contributed by atoms with Crippen LogP contribution in [-0.4, -0.2) is 26.6 Å². The Bertz CT molecular complexity index is 1040. The Balaban J connectivity index is 1.87. The number of sulfonamides is 1. The first-order chi connectivity index (χ1) is 14.7. The predicted octanol–water partition coefficient (Wildman–Crippen LogP) is 5.03. The molecule has 1 amide bonds. The summed E-state index contributed by atoms with van der Waals surface area (Å²) in [4.78, 5) is 13.3. The third-order valence-electron chi connectivity index (χ3n) is 5.89.